The van der Waals surface area contributed by atoms with E-state index in [1.54, 1.807) is 0 Å². The summed E-state index contributed by atoms with van der Waals surface area (Å²) in [5.41, 5.74) is 0.866. The van der Waals surface area contributed by atoms with Gasteiger partial charge in [0.05, 0.1) is 0 Å². The maximum atomic E-state index is 11.7. The van der Waals surface area contributed by atoms with Crippen LogP contribution in [0.4, 0.5) is 0 Å². The first-order chi connectivity index (χ1) is 7.36. The normalized spacial score (nSPS) is 10.2. The van der Waals surface area contributed by atoms with Crippen molar-refractivity contribution in [2.24, 2.45) is 0 Å². The highest BCUT2D eigenvalue weighted by Gasteiger charge is 2.02. The van der Waals surface area contributed by atoms with Crippen LogP contribution in [0.15, 0.2) is 53.3 Å². The van der Waals surface area contributed by atoms with Crippen LogP contribution < -0.4 is 5.56 Å². The van der Waals surface area contributed by atoms with Crippen LogP contribution in [0, 0.1) is 0 Å². The summed E-state index contributed by atoms with van der Waals surface area (Å²) in [5.74, 6) is 0. The quantitative estimate of drug-likeness (QED) is 0.593. The van der Waals surface area contributed by atoms with Crippen LogP contribution in [0.3, 0.4) is 0 Å². The first kappa shape index (κ1) is 10.7. The molecule has 0 fully saturated rings. The molecule has 0 saturated heterocycles. The van der Waals surface area contributed by atoms with Gasteiger partial charge in [0.15, 0.2) is 0 Å². The fraction of sp³-hybridized carbons (Fsp3) is 0. The number of pyridine rings is 1. The van der Waals surface area contributed by atoms with Crippen molar-refractivity contribution < 1.29 is 0 Å². The fourth-order valence-corrected chi connectivity index (χ4v) is 1.93. The number of fused-ring (bicyclic) bond motifs is 3. The van der Waals surface area contributed by atoms with Crippen LogP contribution >= 0.6 is 12.4 Å². The van der Waals surface area contributed by atoms with Crippen LogP contribution in [-0.2, 0) is 0 Å². The van der Waals surface area contributed by atoms with Crippen molar-refractivity contribution in [2.75, 3.05) is 0 Å². The van der Waals surface area contributed by atoms with Gasteiger partial charge in [-0.1, -0.05) is 36.4 Å². The van der Waals surface area contributed by atoms with Crippen LogP contribution in [0.2, 0.25) is 0 Å². The summed E-state index contributed by atoms with van der Waals surface area (Å²) in [6, 6.07) is 15.5. The lowest BCUT2D eigenvalue weighted by Crippen LogP contribution is -2.05. The Hall–Kier alpha value is -1.80. The van der Waals surface area contributed by atoms with Gasteiger partial charge in [-0.3, -0.25) is 4.79 Å². The van der Waals surface area contributed by atoms with E-state index in [0.717, 1.165) is 21.7 Å². The average Bonchev–Trinajstić information content (AvgIpc) is 2.30. The number of halogens is 1. The summed E-state index contributed by atoms with van der Waals surface area (Å²) < 4.78 is 0. The van der Waals surface area contributed by atoms with Gasteiger partial charge >= 0.3 is 0 Å². The third-order valence-corrected chi connectivity index (χ3v) is 2.64. The summed E-state index contributed by atoms with van der Waals surface area (Å²) in [5, 5.41) is 2.85. The lowest BCUT2D eigenvalue weighted by Gasteiger charge is -2.02. The molecule has 3 aromatic rings. The number of nitrogens with one attached hydrogen (secondary N) is 1. The summed E-state index contributed by atoms with van der Waals surface area (Å²) in [6.07, 6.45) is 0. The maximum absolute atomic E-state index is 11.7. The molecule has 0 aliphatic rings. The number of para-hydroxylation sites is 1. The standard InChI is InChI=1S/C13H9NO.ClH/c15-13-11-7-2-1-5-9(11)10-6-3-4-8-12(10)14-13;/h1-8H,(H,14,15);1H. The Kier molecular flexibility index (Phi) is 2.67. The average molecular weight is 232 g/mol. The molecule has 2 nitrogen and oxygen atoms in total. The van der Waals surface area contributed by atoms with Gasteiger partial charge in [-0.25, -0.2) is 0 Å². The van der Waals surface area contributed by atoms with Crippen molar-refractivity contribution in [3.63, 3.8) is 0 Å². The fourth-order valence-electron chi connectivity index (χ4n) is 1.93. The van der Waals surface area contributed by atoms with E-state index in [4.69, 9.17) is 0 Å². The minimum atomic E-state index is -0.0238. The van der Waals surface area contributed by atoms with Gasteiger partial charge < -0.3 is 4.98 Å². The molecule has 3 heteroatoms. The molecule has 0 unspecified atom stereocenters. The second-order valence-corrected chi connectivity index (χ2v) is 3.55. The zero-order chi connectivity index (χ0) is 10.3. The predicted molar refractivity (Wildman–Crippen MR) is 69.3 cm³/mol. The van der Waals surface area contributed by atoms with Crippen LogP contribution in [0.25, 0.3) is 21.7 Å². The second kappa shape index (κ2) is 3.99. The minimum Gasteiger partial charge on any atom is -0.321 e. The number of hydrogen-bond donors (Lipinski definition) is 1. The van der Waals surface area contributed by atoms with E-state index in [1.807, 2.05) is 48.5 Å². The molecule has 0 saturated carbocycles. The monoisotopic (exact) mass is 231 g/mol. The molecule has 3 rings (SSSR count). The summed E-state index contributed by atoms with van der Waals surface area (Å²) in [4.78, 5) is 14.6. The smallest absolute Gasteiger partial charge is 0.256 e. The van der Waals surface area contributed by atoms with E-state index >= 15 is 0 Å². The van der Waals surface area contributed by atoms with E-state index in [0.29, 0.717) is 0 Å². The van der Waals surface area contributed by atoms with Crippen molar-refractivity contribution in [1.82, 2.24) is 4.98 Å². The number of rotatable bonds is 0. The van der Waals surface area contributed by atoms with E-state index in [9.17, 15) is 4.79 Å². The molecule has 2 aromatic carbocycles. The lowest BCUT2D eigenvalue weighted by molar-refractivity contribution is 1.34. The number of hydrogen-bond acceptors (Lipinski definition) is 1. The van der Waals surface area contributed by atoms with Crippen molar-refractivity contribution in [1.29, 1.82) is 0 Å². The maximum Gasteiger partial charge on any atom is 0.256 e. The van der Waals surface area contributed by atoms with Gasteiger partial charge in [0.1, 0.15) is 0 Å². The lowest BCUT2D eigenvalue weighted by atomic mass is 10.1. The highest BCUT2D eigenvalue weighted by molar-refractivity contribution is 6.04. The highest BCUT2D eigenvalue weighted by Crippen LogP contribution is 2.19. The molecule has 0 aliphatic carbocycles. The third-order valence-electron chi connectivity index (χ3n) is 2.64. The van der Waals surface area contributed by atoms with Crippen molar-refractivity contribution >= 4 is 34.1 Å². The number of aromatic nitrogens is 1. The van der Waals surface area contributed by atoms with Crippen molar-refractivity contribution in [2.45, 2.75) is 0 Å². The highest BCUT2D eigenvalue weighted by atomic mass is 35.5. The van der Waals surface area contributed by atoms with Gasteiger partial charge in [0, 0.05) is 16.3 Å². The zero-order valence-electron chi connectivity index (χ0n) is 8.44. The number of aromatic amines is 1. The Balaban J connectivity index is 0.000000963. The summed E-state index contributed by atoms with van der Waals surface area (Å²) in [6.45, 7) is 0. The zero-order valence-corrected chi connectivity index (χ0v) is 9.25. The van der Waals surface area contributed by atoms with Crippen LogP contribution in [0.5, 0.6) is 0 Å². The molecule has 1 heterocycles. The molecule has 0 bridgehead atoms. The van der Waals surface area contributed by atoms with Gasteiger partial charge in [0.25, 0.3) is 5.56 Å². The van der Waals surface area contributed by atoms with E-state index in [2.05, 4.69) is 4.98 Å². The van der Waals surface area contributed by atoms with Crippen molar-refractivity contribution in [3.8, 4) is 0 Å². The molecular formula is C13H10ClNO. The van der Waals surface area contributed by atoms with Crippen LogP contribution in [-0.4, -0.2) is 4.98 Å². The molecule has 0 amide bonds. The molecule has 1 N–H and O–H groups in total. The van der Waals surface area contributed by atoms with Gasteiger partial charge in [-0.05, 0) is 17.5 Å². The number of H-pyrrole nitrogens is 1. The first-order valence-electron chi connectivity index (χ1n) is 4.86. The SMILES string of the molecule is Cl.O=c1[nH]c2ccccc2c2ccccc12. The molecule has 0 spiro atoms. The largest absolute Gasteiger partial charge is 0.321 e. The Morgan fingerprint density at radius 3 is 2.06 bits per heavy atom. The predicted octanol–water partition coefficient (Wildman–Crippen LogP) is 3.10. The van der Waals surface area contributed by atoms with Gasteiger partial charge in [-0.15, -0.1) is 12.4 Å². The molecule has 1 aromatic heterocycles. The number of benzene rings is 2. The van der Waals surface area contributed by atoms with E-state index < -0.39 is 0 Å². The Bertz CT molecular complexity index is 703. The third kappa shape index (κ3) is 1.48. The molecule has 80 valence electrons. The molecule has 0 radical (unpaired) electrons. The molecule has 0 aliphatic heterocycles. The van der Waals surface area contributed by atoms with Crippen molar-refractivity contribution in [3.05, 3.63) is 58.9 Å². The Labute approximate surface area is 98.3 Å². The minimum absolute atomic E-state index is 0. The molecular weight excluding hydrogens is 222 g/mol. The molecule has 16 heavy (non-hydrogen) atoms. The molecule has 0 atom stereocenters. The Morgan fingerprint density at radius 1 is 0.750 bits per heavy atom. The Morgan fingerprint density at radius 2 is 1.31 bits per heavy atom. The summed E-state index contributed by atoms with van der Waals surface area (Å²) in [7, 11) is 0. The van der Waals surface area contributed by atoms with Gasteiger partial charge in [-0.2, -0.15) is 0 Å². The van der Waals surface area contributed by atoms with E-state index in [-0.39, 0.29) is 18.0 Å². The van der Waals surface area contributed by atoms with Gasteiger partial charge in [0.2, 0.25) is 0 Å². The first-order valence-corrected chi connectivity index (χ1v) is 4.86. The van der Waals surface area contributed by atoms with Crippen LogP contribution in [0.1, 0.15) is 0 Å². The second-order valence-electron chi connectivity index (χ2n) is 3.55. The topological polar surface area (TPSA) is 32.9 Å². The summed E-state index contributed by atoms with van der Waals surface area (Å²) >= 11 is 0. The van der Waals surface area contributed by atoms with E-state index in [1.165, 1.54) is 0 Å².